The third-order valence-corrected chi connectivity index (χ3v) is 4.88. The number of benzene rings is 1. The minimum absolute atomic E-state index is 0.0129. The van der Waals surface area contributed by atoms with Gasteiger partial charge < -0.3 is 4.90 Å². The quantitative estimate of drug-likeness (QED) is 0.775. The molecule has 6 heteroatoms. The lowest BCUT2D eigenvalue weighted by Crippen LogP contribution is -2.62. The van der Waals surface area contributed by atoms with Crippen LogP contribution in [0.1, 0.15) is 19.8 Å². The Balaban J connectivity index is 2.05. The molecule has 4 nitrogen and oxygen atoms in total. The fourth-order valence-electron chi connectivity index (χ4n) is 2.99. The van der Waals surface area contributed by atoms with Crippen LogP contribution in [0.2, 0.25) is 5.02 Å². The van der Waals surface area contributed by atoms with E-state index in [0.29, 0.717) is 17.3 Å². The molecule has 1 aromatic carbocycles. The van der Waals surface area contributed by atoms with E-state index in [4.69, 9.17) is 11.6 Å². The lowest BCUT2D eigenvalue weighted by Gasteiger charge is -2.41. The van der Waals surface area contributed by atoms with Crippen molar-refractivity contribution in [2.24, 2.45) is 0 Å². The van der Waals surface area contributed by atoms with E-state index in [1.54, 1.807) is 34.9 Å². The zero-order valence-electron chi connectivity index (χ0n) is 11.0. The summed E-state index contributed by atoms with van der Waals surface area (Å²) in [5, 5.41) is 0.546. The molecule has 2 aliphatic heterocycles. The van der Waals surface area contributed by atoms with Crippen LogP contribution in [0.25, 0.3) is 0 Å². The number of carbonyl (C=O) groups is 2. The van der Waals surface area contributed by atoms with Crippen molar-refractivity contribution in [1.82, 2.24) is 4.90 Å². The van der Waals surface area contributed by atoms with Crippen LogP contribution in [-0.4, -0.2) is 35.3 Å². The van der Waals surface area contributed by atoms with Gasteiger partial charge in [0.25, 0.3) is 5.91 Å². The van der Waals surface area contributed by atoms with Gasteiger partial charge in [0, 0.05) is 16.0 Å². The maximum atomic E-state index is 12.7. The molecule has 2 unspecified atom stereocenters. The van der Waals surface area contributed by atoms with Gasteiger partial charge in [-0.2, -0.15) is 0 Å². The van der Waals surface area contributed by atoms with Gasteiger partial charge in [-0.05, 0) is 53.9 Å². The molecule has 0 radical (unpaired) electrons. The molecular formula is C14H14BrClN2O2. The van der Waals surface area contributed by atoms with Crippen molar-refractivity contribution >= 4 is 45.0 Å². The monoisotopic (exact) mass is 356 g/mol. The Morgan fingerprint density at radius 2 is 2.05 bits per heavy atom. The molecule has 0 N–H and O–H groups in total. The van der Waals surface area contributed by atoms with E-state index in [9.17, 15) is 9.59 Å². The Morgan fingerprint density at radius 3 is 2.80 bits per heavy atom. The molecule has 2 atom stereocenters. The molecule has 3 rings (SSSR count). The first-order valence-electron chi connectivity index (χ1n) is 6.59. The summed E-state index contributed by atoms with van der Waals surface area (Å²) in [7, 11) is 0. The van der Waals surface area contributed by atoms with E-state index in [1.807, 2.05) is 0 Å². The van der Waals surface area contributed by atoms with Crippen LogP contribution in [0, 0.1) is 0 Å². The maximum absolute atomic E-state index is 12.7. The topological polar surface area (TPSA) is 40.6 Å². The maximum Gasteiger partial charge on any atom is 0.250 e. The summed E-state index contributed by atoms with van der Waals surface area (Å²) in [6, 6.07) is 4.45. The number of amides is 2. The number of piperazine rings is 1. The zero-order chi connectivity index (χ0) is 14.4. The van der Waals surface area contributed by atoms with Crippen LogP contribution in [0.5, 0.6) is 0 Å². The second kappa shape index (κ2) is 5.04. The normalized spacial score (nSPS) is 26.1. The van der Waals surface area contributed by atoms with Gasteiger partial charge in [-0.15, -0.1) is 0 Å². The first-order valence-corrected chi connectivity index (χ1v) is 7.76. The molecule has 2 aliphatic rings. The summed E-state index contributed by atoms with van der Waals surface area (Å²) < 4.78 is 0.765. The summed E-state index contributed by atoms with van der Waals surface area (Å²) >= 11 is 9.46. The molecule has 1 aromatic rings. The van der Waals surface area contributed by atoms with Gasteiger partial charge in [0.2, 0.25) is 5.91 Å². The molecule has 2 fully saturated rings. The molecule has 106 valence electrons. The predicted octanol–water partition coefficient (Wildman–Crippen LogP) is 2.83. The molecule has 0 bridgehead atoms. The summed E-state index contributed by atoms with van der Waals surface area (Å²) in [5.41, 5.74) is 0.662. The molecule has 2 heterocycles. The largest absolute Gasteiger partial charge is 0.329 e. The first-order chi connectivity index (χ1) is 9.50. The number of fused-ring (bicyclic) bond motifs is 1. The highest BCUT2D eigenvalue weighted by Gasteiger charge is 2.46. The van der Waals surface area contributed by atoms with Crippen LogP contribution in [0.4, 0.5) is 5.69 Å². The number of rotatable bonds is 1. The number of anilines is 1. The lowest BCUT2D eigenvalue weighted by atomic mass is 10.1. The summed E-state index contributed by atoms with van der Waals surface area (Å²) in [6.07, 6.45) is 1.63. The summed E-state index contributed by atoms with van der Waals surface area (Å²) in [6.45, 7) is 2.45. The van der Waals surface area contributed by atoms with Gasteiger partial charge in [0.05, 0.1) is 5.69 Å². The van der Waals surface area contributed by atoms with Crippen molar-refractivity contribution in [2.45, 2.75) is 31.8 Å². The Hall–Kier alpha value is -1.07. The van der Waals surface area contributed by atoms with Crippen molar-refractivity contribution in [1.29, 1.82) is 0 Å². The van der Waals surface area contributed by atoms with Gasteiger partial charge in [-0.25, -0.2) is 0 Å². The fraction of sp³-hybridized carbons (Fsp3) is 0.429. The average Bonchev–Trinajstić information content (AvgIpc) is 2.90. The van der Waals surface area contributed by atoms with E-state index < -0.39 is 6.04 Å². The van der Waals surface area contributed by atoms with Gasteiger partial charge >= 0.3 is 0 Å². The van der Waals surface area contributed by atoms with Gasteiger partial charge in [0.1, 0.15) is 12.1 Å². The Bertz CT molecular complexity index is 593. The van der Waals surface area contributed by atoms with E-state index in [0.717, 1.165) is 17.3 Å². The second-order valence-corrected chi connectivity index (χ2v) is 6.46. The fourth-order valence-corrected chi connectivity index (χ4v) is 3.59. The molecule has 0 saturated carbocycles. The Kier molecular flexibility index (Phi) is 3.50. The van der Waals surface area contributed by atoms with Crippen LogP contribution in [-0.2, 0) is 9.59 Å². The summed E-state index contributed by atoms with van der Waals surface area (Å²) in [4.78, 5) is 28.4. The first kappa shape index (κ1) is 13.9. The van der Waals surface area contributed by atoms with Gasteiger partial charge in [0.15, 0.2) is 0 Å². The smallest absolute Gasteiger partial charge is 0.250 e. The van der Waals surface area contributed by atoms with Crippen molar-refractivity contribution < 1.29 is 9.59 Å². The Morgan fingerprint density at radius 1 is 1.30 bits per heavy atom. The molecule has 2 saturated heterocycles. The van der Waals surface area contributed by atoms with Crippen LogP contribution in [0.3, 0.4) is 0 Å². The highest BCUT2D eigenvalue weighted by atomic mass is 79.9. The summed E-state index contributed by atoms with van der Waals surface area (Å²) in [5.74, 6) is -0.00320. The Labute approximate surface area is 130 Å². The number of halogens is 2. The number of carbonyl (C=O) groups excluding carboxylic acids is 2. The van der Waals surface area contributed by atoms with Crippen molar-refractivity contribution in [2.75, 3.05) is 11.4 Å². The zero-order valence-corrected chi connectivity index (χ0v) is 13.3. The lowest BCUT2D eigenvalue weighted by molar-refractivity contribution is -0.143. The number of nitrogens with zero attached hydrogens (tertiary/aromatic N) is 2. The highest BCUT2D eigenvalue weighted by molar-refractivity contribution is 9.10. The molecule has 20 heavy (non-hydrogen) atoms. The van der Waals surface area contributed by atoms with Crippen molar-refractivity contribution in [3.8, 4) is 0 Å². The molecule has 0 aliphatic carbocycles. The van der Waals surface area contributed by atoms with Crippen LogP contribution in [0.15, 0.2) is 22.7 Å². The van der Waals surface area contributed by atoms with E-state index in [2.05, 4.69) is 15.9 Å². The van der Waals surface area contributed by atoms with Crippen molar-refractivity contribution in [3.63, 3.8) is 0 Å². The van der Waals surface area contributed by atoms with Gasteiger partial charge in [-0.1, -0.05) is 11.6 Å². The number of hydrogen-bond acceptors (Lipinski definition) is 2. The second-order valence-electron chi connectivity index (χ2n) is 5.17. The minimum atomic E-state index is -0.494. The molecule has 0 spiro atoms. The van der Waals surface area contributed by atoms with E-state index >= 15 is 0 Å². The SMILES string of the molecule is CC1C(=O)N2CCCC2C(=O)N1c1cc(Cl)ccc1Br. The van der Waals surface area contributed by atoms with Crippen molar-refractivity contribution in [3.05, 3.63) is 27.7 Å². The minimum Gasteiger partial charge on any atom is -0.329 e. The van der Waals surface area contributed by atoms with E-state index in [-0.39, 0.29) is 17.9 Å². The van der Waals surface area contributed by atoms with E-state index in [1.165, 1.54) is 0 Å². The van der Waals surface area contributed by atoms with Gasteiger partial charge in [-0.3, -0.25) is 14.5 Å². The van der Waals surface area contributed by atoms with Crippen LogP contribution >= 0.6 is 27.5 Å². The predicted molar refractivity (Wildman–Crippen MR) is 80.8 cm³/mol. The molecule has 0 aromatic heterocycles. The number of hydrogen-bond donors (Lipinski definition) is 0. The van der Waals surface area contributed by atoms with Crippen LogP contribution < -0.4 is 4.90 Å². The third-order valence-electron chi connectivity index (χ3n) is 3.97. The average molecular weight is 358 g/mol. The molecular weight excluding hydrogens is 344 g/mol. The third kappa shape index (κ3) is 2.04. The highest BCUT2D eigenvalue weighted by Crippen LogP contribution is 2.35. The standard InChI is InChI=1S/C14H14BrClN2O2/c1-8-13(19)17-6-2-3-11(17)14(20)18(8)12-7-9(16)4-5-10(12)15/h4-5,7-8,11H,2-3,6H2,1H3. The molecule has 2 amide bonds.